The van der Waals surface area contributed by atoms with Crippen molar-refractivity contribution >= 4 is 5.91 Å². The lowest BCUT2D eigenvalue weighted by atomic mass is 10.1. The number of likely N-dealkylation sites (tertiary alicyclic amines) is 1. The van der Waals surface area contributed by atoms with Crippen molar-refractivity contribution < 1.29 is 4.79 Å². The number of fused-ring (bicyclic) bond motifs is 1. The van der Waals surface area contributed by atoms with E-state index in [9.17, 15) is 4.79 Å². The van der Waals surface area contributed by atoms with Gasteiger partial charge in [0.05, 0.1) is 0 Å². The van der Waals surface area contributed by atoms with E-state index in [0.29, 0.717) is 23.2 Å². The summed E-state index contributed by atoms with van der Waals surface area (Å²) in [5.74, 6) is 1.37. The van der Waals surface area contributed by atoms with Gasteiger partial charge in [-0.15, -0.1) is 0 Å². The first-order valence-corrected chi connectivity index (χ1v) is 3.80. The molecule has 1 heterocycles. The minimum Gasteiger partial charge on any atom is -0.345 e. The van der Waals surface area contributed by atoms with Crippen LogP contribution in [0.1, 0.15) is 13.8 Å². The summed E-state index contributed by atoms with van der Waals surface area (Å²) in [6.07, 6.45) is 0. The standard InChI is InChI=1S/C8H13NO/c1-8(2)5-4-9(3)7(10)6(5)8/h5-6H,4H2,1-3H3. The Balaban J connectivity index is 2.21. The molecule has 10 heavy (non-hydrogen) atoms. The molecule has 1 amide bonds. The monoisotopic (exact) mass is 139 g/mol. The van der Waals surface area contributed by atoms with Gasteiger partial charge in [0.1, 0.15) is 0 Å². The average Bonchev–Trinajstić information content (AvgIpc) is 2.12. The Morgan fingerprint density at radius 3 is 2.50 bits per heavy atom. The molecule has 0 aromatic carbocycles. The normalized spacial score (nSPS) is 41.9. The van der Waals surface area contributed by atoms with Crippen molar-refractivity contribution in [3.8, 4) is 0 Å². The molecule has 2 atom stereocenters. The molecule has 2 rings (SSSR count). The van der Waals surface area contributed by atoms with Gasteiger partial charge in [-0.1, -0.05) is 13.8 Å². The van der Waals surface area contributed by atoms with Crippen LogP contribution >= 0.6 is 0 Å². The molecule has 0 aromatic heterocycles. The lowest BCUT2D eigenvalue weighted by Crippen LogP contribution is -2.27. The van der Waals surface area contributed by atoms with Crippen LogP contribution in [0.2, 0.25) is 0 Å². The summed E-state index contributed by atoms with van der Waals surface area (Å²) in [4.78, 5) is 13.1. The maximum Gasteiger partial charge on any atom is 0.226 e. The highest BCUT2D eigenvalue weighted by atomic mass is 16.2. The highest BCUT2D eigenvalue weighted by molar-refractivity contribution is 5.85. The second-order valence-electron chi connectivity index (χ2n) is 4.12. The highest BCUT2D eigenvalue weighted by Gasteiger charge is 2.66. The predicted molar refractivity (Wildman–Crippen MR) is 38.4 cm³/mol. The molecular weight excluding hydrogens is 126 g/mol. The molecule has 2 heteroatoms. The fourth-order valence-corrected chi connectivity index (χ4v) is 2.20. The number of hydrogen-bond acceptors (Lipinski definition) is 1. The average molecular weight is 139 g/mol. The van der Waals surface area contributed by atoms with Crippen LogP contribution in [-0.4, -0.2) is 24.4 Å². The van der Waals surface area contributed by atoms with E-state index in [1.807, 2.05) is 11.9 Å². The first kappa shape index (κ1) is 6.20. The van der Waals surface area contributed by atoms with E-state index >= 15 is 0 Å². The summed E-state index contributed by atoms with van der Waals surface area (Å²) in [5.41, 5.74) is 0.323. The zero-order chi connectivity index (χ0) is 7.52. The van der Waals surface area contributed by atoms with E-state index in [1.54, 1.807) is 0 Å². The number of rotatable bonds is 0. The van der Waals surface area contributed by atoms with Crippen molar-refractivity contribution in [1.82, 2.24) is 4.90 Å². The molecule has 1 saturated carbocycles. The third kappa shape index (κ3) is 0.482. The van der Waals surface area contributed by atoms with E-state index in [0.717, 1.165) is 6.54 Å². The predicted octanol–water partition coefficient (Wildman–Crippen LogP) is 0.731. The number of piperidine rings is 1. The quantitative estimate of drug-likeness (QED) is 0.484. The molecule has 1 saturated heterocycles. The van der Waals surface area contributed by atoms with Crippen LogP contribution in [0.4, 0.5) is 0 Å². The lowest BCUT2D eigenvalue weighted by molar-refractivity contribution is -0.129. The lowest BCUT2D eigenvalue weighted by Gasteiger charge is -2.16. The smallest absolute Gasteiger partial charge is 0.226 e. The SMILES string of the molecule is CN1CC2C(C1=O)C2(C)C. The van der Waals surface area contributed by atoms with Crippen molar-refractivity contribution in [3.05, 3.63) is 0 Å². The molecule has 2 aliphatic rings. The largest absolute Gasteiger partial charge is 0.345 e. The summed E-state index contributed by atoms with van der Waals surface area (Å²) >= 11 is 0. The Morgan fingerprint density at radius 1 is 1.60 bits per heavy atom. The van der Waals surface area contributed by atoms with Gasteiger partial charge in [0.25, 0.3) is 0 Å². The molecule has 2 unspecified atom stereocenters. The molecule has 0 N–H and O–H groups in total. The van der Waals surface area contributed by atoms with E-state index in [-0.39, 0.29) is 0 Å². The molecule has 1 aliphatic carbocycles. The number of carbonyl (C=O) groups is 1. The van der Waals surface area contributed by atoms with Crippen LogP contribution in [0.3, 0.4) is 0 Å². The Hall–Kier alpha value is -0.530. The van der Waals surface area contributed by atoms with Crippen molar-refractivity contribution in [2.45, 2.75) is 13.8 Å². The fraction of sp³-hybridized carbons (Fsp3) is 0.875. The number of nitrogens with zero attached hydrogens (tertiary/aromatic N) is 1. The molecule has 2 nitrogen and oxygen atoms in total. The minimum atomic E-state index is 0.323. The number of hydrogen-bond donors (Lipinski definition) is 0. The van der Waals surface area contributed by atoms with Gasteiger partial charge in [-0.25, -0.2) is 0 Å². The van der Waals surface area contributed by atoms with Gasteiger partial charge < -0.3 is 4.90 Å². The van der Waals surface area contributed by atoms with Crippen LogP contribution in [-0.2, 0) is 4.79 Å². The molecule has 0 aromatic rings. The maximum absolute atomic E-state index is 11.3. The first-order chi connectivity index (χ1) is 4.55. The topological polar surface area (TPSA) is 20.3 Å². The first-order valence-electron chi connectivity index (χ1n) is 3.80. The second-order valence-corrected chi connectivity index (χ2v) is 4.12. The van der Waals surface area contributed by atoms with Crippen LogP contribution in [0, 0.1) is 17.3 Å². The zero-order valence-corrected chi connectivity index (χ0v) is 6.72. The number of carbonyl (C=O) groups excluding carboxylic acids is 1. The fourth-order valence-electron chi connectivity index (χ4n) is 2.20. The van der Waals surface area contributed by atoms with Gasteiger partial charge in [0, 0.05) is 19.5 Å². The van der Waals surface area contributed by atoms with Gasteiger partial charge in [-0.2, -0.15) is 0 Å². The molecule has 2 fully saturated rings. The van der Waals surface area contributed by atoms with Crippen LogP contribution in [0.25, 0.3) is 0 Å². The van der Waals surface area contributed by atoms with E-state index in [2.05, 4.69) is 13.8 Å². The van der Waals surface area contributed by atoms with Gasteiger partial charge in [-0.05, 0) is 11.3 Å². The van der Waals surface area contributed by atoms with Crippen molar-refractivity contribution in [2.24, 2.45) is 17.3 Å². The van der Waals surface area contributed by atoms with Gasteiger partial charge in [0.2, 0.25) is 5.91 Å². The van der Waals surface area contributed by atoms with Crippen molar-refractivity contribution in [3.63, 3.8) is 0 Å². The van der Waals surface area contributed by atoms with E-state index in [4.69, 9.17) is 0 Å². The number of amides is 1. The van der Waals surface area contributed by atoms with Crippen LogP contribution in [0.5, 0.6) is 0 Å². The van der Waals surface area contributed by atoms with Crippen LogP contribution in [0.15, 0.2) is 0 Å². The molecule has 1 aliphatic heterocycles. The Kier molecular flexibility index (Phi) is 0.859. The molecule has 0 spiro atoms. The summed E-state index contributed by atoms with van der Waals surface area (Å²) in [5, 5.41) is 0. The summed E-state index contributed by atoms with van der Waals surface area (Å²) in [7, 11) is 1.89. The minimum absolute atomic E-state index is 0.323. The third-order valence-corrected chi connectivity index (χ3v) is 3.16. The summed E-state index contributed by atoms with van der Waals surface area (Å²) in [6.45, 7) is 5.36. The molecule has 56 valence electrons. The highest BCUT2D eigenvalue weighted by Crippen LogP contribution is 2.62. The van der Waals surface area contributed by atoms with Crippen LogP contribution < -0.4 is 0 Å². The van der Waals surface area contributed by atoms with Crippen molar-refractivity contribution in [2.75, 3.05) is 13.6 Å². The maximum atomic E-state index is 11.3. The Labute approximate surface area is 61.2 Å². The van der Waals surface area contributed by atoms with E-state index in [1.165, 1.54) is 0 Å². The third-order valence-electron chi connectivity index (χ3n) is 3.16. The zero-order valence-electron chi connectivity index (χ0n) is 6.72. The van der Waals surface area contributed by atoms with Gasteiger partial charge in [0.15, 0.2) is 0 Å². The molecule has 0 radical (unpaired) electrons. The van der Waals surface area contributed by atoms with Gasteiger partial charge in [-0.3, -0.25) is 4.79 Å². The molecule has 0 bridgehead atoms. The van der Waals surface area contributed by atoms with E-state index < -0.39 is 0 Å². The Morgan fingerprint density at radius 2 is 2.20 bits per heavy atom. The van der Waals surface area contributed by atoms with Gasteiger partial charge >= 0.3 is 0 Å². The molecular formula is C8H13NO. The second kappa shape index (κ2) is 1.39. The van der Waals surface area contributed by atoms with Crippen molar-refractivity contribution in [1.29, 1.82) is 0 Å². The Bertz CT molecular complexity index is 197. The summed E-state index contributed by atoms with van der Waals surface area (Å²) < 4.78 is 0. The summed E-state index contributed by atoms with van der Waals surface area (Å²) in [6, 6.07) is 0.